The minimum atomic E-state index is -0.706. The molecule has 2 N–H and O–H groups in total. The topological polar surface area (TPSA) is 93.7 Å². The molecule has 176 valence electrons. The van der Waals surface area contributed by atoms with Crippen LogP contribution in [0.15, 0.2) is 30.6 Å². The fraction of sp³-hybridized carbons (Fsp3) is 0.455. The minimum absolute atomic E-state index is 0.0241. The normalized spacial score (nSPS) is 16.1. The van der Waals surface area contributed by atoms with Crippen LogP contribution in [0.1, 0.15) is 19.3 Å². The van der Waals surface area contributed by atoms with Crippen LogP contribution in [0.3, 0.4) is 0 Å². The molecule has 33 heavy (non-hydrogen) atoms. The third-order valence-corrected chi connectivity index (χ3v) is 5.79. The second-order valence-corrected chi connectivity index (χ2v) is 8.03. The zero-order chi connectivity index (χ0) is 23.2. The van der Waals surface area contributed by atoms with Crippen LogP contribution in [-0.4, -0.2) is 72.6 Å². The van der Waals surface area contributed by atoms with Gasteiger partial charge < -0.3 is 25.3 Å². The van der Waals surface area contributed by atoms with Crippen LogP contribution in [-0.2, 0) is 4.79 Å². The predicted octanol–water partition coefficient (Wildman–Crippen LogP) is 2.22. The lowest BCUT2D eigenvalue weighted by Gasteiger charge is -2.34. The maximum Gasteiger partial charge on any atom is 0.319 e. The number of carbonyl (C=O) groups is 2. The van der Waals surface area contributed by atoms with Gasteiger partial charge in [0.1, 0.15) is 5.69 Å². The second kappa shape index (κ2) is 10.4. The highest BCUT2D eigenvalue weighted by molar-refractivity contribution is 5.90. The Labute approximate surface area is 190 Å². The van der Waals surface area contributed by atoms with Gasteiger partial charge >= 0.3 is 6.03 Å². The van der Waals surface area contributed by atoms with E-state index in [2.05, 4.69) is 20.6 Å². The molecule has 11 heteroatoms. The summed E-state index contributed by atoms with van der Waals surface area (Å²) in [6, 6.07) is 3.35. The number of piperazine rings is 1. The number of anilines is 3. The van der Waals surface area contributed by atoms with Crippen molar-refractivity contribution in [1.29, 1.82) is 0 Å². The highest BCUT2D eigenvalue weighted by atomic mass is 19.1. The molecule has 2 fully saturated rings. The number of amides is 3. The number of rotatable bonds is 6. The Kier molecular flexibility index (Phi) is 7.16. The van der Waals surface area contributed by atoms with Crippen molar-refractivity contribution in [3.63, 3.8) is 0 Å². The van der Waals surface area contributed by atoms with Crippen molar-refractivity contribution in [2.75, 3.05) is 60.9 Å². The standard InChI is InChI=1S/C22H27F2N7O2/c23-17-14-16(15-18(24)20(17)30-8-1-2-9-30)28-22(33)27-7-4-19(32)29-10-12-31(13-11-29)21-25-5-3-6-26-21/h3,5-6,14-15H,1-2,4,7-13H2,(H2,27,28,33). The molecule has 0 bridgehead atoms. The number of nitrogens with zero attached hydrogens (tertiary/aromatic N) is 5. The van der Waals surface area contributed by atoms with Gasteiger partial charge in [0.05, 0.1) is 0 Å². The van der Waals surface area contributed by atoms with Gasteiger partial charge in [-0.3, -0.25) is 4.79 Å². The van der Waals surface area contributed by atoms with Gasteiger partial charge in [-0.2, -0.15) is 0 Å². The summed E-state index contributed by atoms with van der Waals surface area (Å²) in [7, 11) is 0. The Balaban J connectivity index is 1.20. The second-order valence-electron chi connectivity index (χ2n) is 8.03. The molecule has 2 aromatic rings. The number of hydrogen-bond donors (Lipinski definition) is 2. The fourth-order valence-corrected chi connectivity index (χ4v) is 4.11. The van der Waals surface area contributed by atoms with E-state index < -0.39 is 17.7 Å². The van der Waals surface area contributed by atoms with Crippen molar-refractivity contribution < 1.29 is 18.4 Å². The third-order valence-electron chi connectivity index (χ3n) is 5.79. The number of aromatic nitrogens is 2. The smallest absolute Gasteiger partial charge is 0.319 e. The van der Waals surface area contributed by atoms with Crippen LogP contribution in [0.4, 0.5) is 30.9 Å². The lowest BCUT2D eigenvalue weighted by atomic mass is 10.2. The molecule has 0 atom stereocenters. The molecule has 0 radical (unpaired) electrons. The van der Waals surface area contributed by atoms with Gasteiger partial charge in [0.15, 0.2) is 11.6 Å². The molecule has 0 aliphatic carbocycles. The Morgan fingerprint density at radius 2 is 1.55 bits per heavy atom. The molecule has 0 saturated carbocycles. The summed E-state index contributed by atoms with van der Waals surface area (Å²) in [4.78, 5) is 38.4. The Bertz CT molecular complexity index is 955. The lowest BCUT2D eigenvalue weighted by Crippen LogP contribution is -2.49. The molecule has 9 nitrogen and oxygen atoms in total. The van der Waals surface area contributed by atoms with E-state index in [0.29, 0.717) is 45.2 Å². The van der Waals surface area contributed by atoms with Crippen LogP contribution >= 0.6 is 0 Å². The summed E-state index contributed by atoms with van der Waals surface area (Å²) < 4.78 is 28.8. The molecule has 2 saturated heterocycles. The van der Waals surface area contributed by atoms with E-state index in [4.69, 9.17) is 0 Å². The minimum Gasteiger partial charge on any atom is -0.367 e. The SMILES string of the molecule is O=C(NCCC(=O)N1CCN(c2ncccn2)CC1)Nc1cc(F)c(N2CCCC2)c(F)c1. The van der Waals surface area contributed by atoms with Gasteiger partial charge in [-0.15, -0.1) is 0 Å². The molecule has 2 aliphatic rings. The first-order valence-corrected chi connectivity index (χ1v) is 11.1. The molecule has 3 amide bonds. The van der Waals surface area contributed by atoms with E-state index >= 15 is 0 Å². The summed E-state index contributed by atoms with van der Waals surface area (Å²) in [6.45, 7) is 3.71. The fourth-order valence-electron chi connectivity index (χ4n) is 4.11. The van der Waals surface area contributed by atoms with E-state index in [0.717, 1.165) is 25.0 Å². The highest BCUT2D eigenvalue weighted by Crippen LogP contribution is 2.29. The first-order valence-electron chi connectivity index (χ1n) is 11.1. The van der Waals surface area contributed by atoms with Crippen LogP contribution in [0.2, 0.25) is 0 Å². The average Bonchev–Trinajstić information content (AvgIpc) is 3.33. The summed E-state index contributed by atoms with van der Waals surface area (Å²) in [5.74, 6) is -0.842. The Morgan fingerprint density at radius 1 is 0.909 bits per heavy atom. The first kappa shape index (κ1) is 22.7. The third kappa shape index (κ3) is 5.65. The van der Waals surface area contributed by atoms with Crippen molar-refractivity contribution in [2.24, 2.45) is 0 Å². The molecule has 1 aromatic carbocycles. The number of halogens is 2. The molecular formula is C22H27F2N7O2. The van der Waals surface area contributed by atoms with Gasteiger partial charge in [-0.1, -0.05) is 0 Å². The quantitative estimate of drug-likeness (QED) is 0.688. The zero-order valence-corrected chi connectivity index (χ0v) is 18.3. The summed E-state index contributed by atoms with van der Waals surface area (Å²) in [6.07, 6.45) is 5.29. The number of benzene rings is 1. The van der Waals surface area contributed by atoms with Crippen LogP contribution in [0, 0.1) is 11.6 Å². The molecular weight excluding hydrogens is 432 g/mol. The number of carbonyl (C=O) groups excluding carboxylic acids is 2. The van der Waals surface area contributed by atoms with Crippen LogP contribution < -0.4 is 20.4 Å². The van der Waals surface area contributed by atoms with E-state index in [1.54, 1.807) is 28.3 Å². The maximum absolute atomic E-state index is 14.4. The van der Waals surface area contributed by atoms with E-state index in [1.807, 2.05) is 4.90 Å². The Hall–Kier alpha value is -3.50. The van der Waals surface area contributed by atoms with Gasteiger partial charge in [0.25, 0.3) is 0 Å². The molecule has 0 unspecified atom stereocenters. The lowest BCUT2D eigenvalue weighted by molar-refractivity contribution is -0.131. The summed E-state index contributed by atoms with van der Waals surface area (Å²) in [5, 5.41) is 4.99. The monoisotopic (exact) mass is 459 g/mol. The van der Waals surface area contributed by atoms with Crippen molar-refractivity contribution in [2.45, 2.75) is 19.3 Å². The van der Waals surface area contributed by atoms with Crippen LogP contribution in [0.5, 0.6) is 0 Å². The van der Waals surface area contributed by atoms with Crippen molar-refractivity contribution in [1.82, 2.24) is 20.2 Å². The molecule has 2 aliphatic heterocycles. The summed E-state index contributed by atoms with van der Waals surface area (Å²) >= 11 is 0. The van der Waals surface area contributed by atoms with Crippen molar-refractivity contribution >= 4 is 29.3 Å². The highest BCUT2D eigenvalue weighted by Gasteiger charge is 2.23. The van der Waals surface area contributed by atoms with E-state index in [9.17, 15) is 18.4 Å². The molecule has 3 heterocycles. The van der Waals surface area contributed by atoms with Gasteiger partial charge in [0, 0.05) is 70.3 Å². The van der Waals surface area contributed by atoms with Crippen LogP contribution in [0.25, 0.3) is 0 Å². The summed E-state index contributed by atoms with van der Waals surface area (Å²) in [5.41, 5.74) is -0.0287. The van der Waals surface area contributed by atoms with E-state index in [-0.39, 0.29) is 30.2 Å². The molecule has 1 aromatic heterocycles. The van der Waals surface area contributed by atoms with E-state index in [1.165, 1.54) is 0 Å². The number of nitrogens with one attached hydrogen (secondary N) is 2. The van der Waals surface area contributed by atoms with Crippen molar-refractivity contribution in [3.8, 4) is 0 Å². The van der Waals surface area contributed by atoms with Gasteiger partial charge in [-0.05, 0) is 31.0 Å². The average molecular weight is 460 g/mol. The molecule has 0 spiro atoms. The van der Waals surface area contributed by atoms with Gasteiger partial charge in [0.2, 0.25) is 11.9 Å². The Morgan fingerprint density at radius 3 is 2.18 bits per heavy atom. The largest absolute Gasteiger partial charge is 0.367 e. The van der Waals surface area contributed by atoms with Crippen molar-refractivity contribution in [3.05, 3.63) is 42.2 Å². The predicted molar refractivity (Wildman–Crippen MR) is 120 cm³/mol. The number of urea groups is 1. The zero-order valence-electron chi connectivity index (χ0n) is 18.3. The molecule has 4 rings (SSSR count). The first-order chi connectivity index (χ1) is 16.0. The van der Waals surface area contributed by atoms with Gasteiger partial charge in [-0.25, -0.2) is 23.5 Å². The maximum atomic E-state index is 14.4. The number of hydrogen-bond acceptors (Lipinski definition) is 6.